The van der Waals surface area contributed by atoms with E-state index in [9.17, 15) is 18.0 Å². The van der Waals surface area contributed by atoms with Gasteiger partial charge in [-0.3, -0.25) is 4.79 Å². The topological polar surface area (TPSA) is 30.0 Å². The molecular formula is C13H8F3NO. The average Bonchev–Trinajstić information content (AvgIpc) is 2.31. The number of nitrogens with zero attached hydrogens (tertiary/aromatic N) is 1. The van der Waals surface area contributed by atoms with E-state index in [1.54, 1.807) is 0 Å². The van der Waals surface area contributed by atoms with Crippen LogP contribution in [0.4, 0.5) is 13.2 Å². The molecule has 0 N–H and O–H groups in total. The second-order valence-corrected chi connectivity index (χ2v) is 3.78. The highest BCUT2D eigenvalue weighted by atomic mass is 19.1. The van der Waals surface area contributed by atoms with Gasteiger partial charge in [0, 0.05) is 11.6 Å². The molecule has 2 nitrogen and oxygen atoms in total. The zero-order valence-electron chi connectivity index (χ0n) is 9.38. The lowest BCUT2D eigenvalue weighted by atomic mass is 9.99. The van der Waals surface area contributed by atoms with Gasteiger partial charge in [0.2, 0.25) is 5.95 Å². The molecule has 0 fully saturated rings. The molecule has 18 heavy (non-hydrogen) atoms. The first-order valence-corrected chi connectivity index (χ1v) is 5.11. The number of hydrogen-bond acceptors (Lipinski definition) is 2. The SMILES string of the molecule is Cc1cc(F)ccc1C(=O)c1cc(F)ncc1F. The lowest BCUT2D eigenvalue weighted by Gasteiger charge is -2.06. The number of aromatic nitrogens is 1. The van der Waals surface area contributed by atoms with Gasteiger partial charge in [0.1, 0.15) is 5.82 Å². The summed E-state index contributed by atoms with van der Waals surface area (Å²) in [5.41, 5.74) is 0.0646. The molecule has 0 spiro atoms. The fourth-order valence-electron chi connectivity index (χ4n) is 1.61. The van der Waals surface area contributed by atoms with Crippen LogP contribution in [0, 0.1) is 24.5 Å². The molecule has 0 unspecified atom stereocenters. The van der Waals surface area contributed by atoms with E-state index in [0.29, 0.717) is 11.8 Å². The zero-order chi connectivity index (χ0) is 13.3. The molecule has 0 aliphatic carbocycles. The van der Waals surface area contributed by atoms with Crippen LogP contribution in [-0.4, -0.2) is 10.8 Å². The molecule has 0 radical (unpaired) electrons. The molecule has 2 aromatic rings. The number of benzene rings is 1. The summed E-state index contributed by atoms with van der Waals surface area (Å²) in [4.78, 5) is 15.1. The summed E-state index contributed by atoms with van der Waals surface area (Å²) in [5, 5.41) is 0. The van der Waals surface area contributed by atoms with Crippen molar-refractivity contribution in [3.05, 3.63) is 64.7 Å². The molecule has 2 rings (SSSR count). The molecular weight excluding hydrogens is 243 g/mol. The van der Waals surface area contributed by atoms with E-state index in [-0.39, 0.29) is 5.56 Å². The van der Waals surface area contributed by atoms with E-state index in [0.717, 1.165) is 18.2 Å². The Morgan fingerprint density at radius 2 is 1.83 bits per heavy atom. The highest BCUT2D eigenvalue weighted by Crippen LogP contribution is 2.17. The Balaban J connectivity index is 2.51. The Kier molecular flexibility index (Phi) is 3.14. The molecule has 0 aliphatic heterocycles. The maximum Gasteiger partial charge on any atom is 0.213 e. The average molecular weight is 251 g/mol. The van der Waals surface area contributed by atoms with Crippen molar-refractivity contribution in [1.82, 2.24) is 4.98 Å². The third kappa shape index (κ3) is 2.25. The van der Waals surface area contributed by atoms with Crippen LogP contribution in [0.25, 0.3) is 0 Å². The molecule has 92 valence electrons. The van der Waals surface area contributed by atoms with E-state index >= 15 is 0 Å². The quantitative estimate of drug-likeness (QED) is 0.606. The molecule has 0 saturated carbocycles. The maximum absolute atomic E-state index is 13.4. The van der Waals surface area contributed by atoms with E-state index in [1.165, 1.54) is 13.0 Å². The van der Waals surface area contributed by atoms with Gasteiger partial charge in [-0.15, -0.1) is 0 Å². The Morgan fingerprint density at radius 1 is 1.11 bits per heavy atom. The number of carbonyl (C=O) groups is 1. The Hall–Kier alpha value is -2.17. The van der Waals surface area contributed by atoms with Crippen molar-refractivity contribution in [3.63, 3.8) is 0 Å². The monoisotopic (exact) mass is 251 g/mol. The molecule has 1 aromatic heterocycles. The maximum atomic E-state index is 13.4. The number of hydrogen-bond donors (Lipinski definition) is 0. The first-order chi connectivity index (χ1) is 8.49. The number of rotatable bonds is 2. The first-order valence-electron chi connectivity index (χ1n) is 5.11. The van der Waals surface area contributed by atoms with Crippen molar-refractivity contribution < 1.29 is 18.0 Å². The van der Waals surface area contributed by atoms with Crippen molar-refractivity contribution in [3.8, 4) is 0 Å². The van der Waals surface area contributed by atoms with E-state index in [2.05, 4.69) is 4.98 Å². The van der Waals surface area contributed by atoms with E-state index < -0.39 is 28.9 Å². The van der Waals surface area contributed by atoms with Crippen molar-refractivity contribution in [1.29, 1.82) is 0 Å². The van der Waals surface area contributed by atoms with Gasteiger partial charge < -0.3 is 0 Å². The molecule has 0 atom stereocenters. The van der Waals surface area contributed by atoms with Crippen molar-refractivity contribution in [2.45, 2.75) is 6.92 Å². The van der Waals surface area contributed by atoms with Gasteiger partial charge in [-0.25, -0.2) is 13.8 Å². The van der Waals surface area contributed by atoms with Crippen LogP contribution in [0.2, 0.25) is 0 Å². The second-order valence-electron chi connectivity index (χ2n) is 3.78. The normalized spacial score (nSPS) is 10.4. The molecule has 0 bridgehead atoms. The highest BCUT2D eigenvalue weighted by Gasteiger charge is 2.17. The van der Waals surface area contributed by atoms with Crippen molar-refractivity contribution >= 4 is 5.78 Å². The zero-order valence-corrected chi connectivity index (χ0v) is 9.38. The molecule has 1 heterocycles. The summed E-state index contributed by atoms with van der Waals surface area (Å²) in [6.07, 6.45) is 0.640. The van der Waals surface area contributed by atoms with Crippen LogP contribution in [0.5, 0.6) is 0 Å². The second kappa shape index (κ2) is 4.60. The number of pyridine rings is 1. The van der Waals surface area contributed by atoms with Crippen LogP contribution < -0.4 is 0 Å². The van der Waals surface area contributed by atoms with Crippen LogP contribution in [-0.2, 0) is 0 Å². The fourth-order valence-corrected chi connectivity index (χ4v) is 1.61. The lowest BCUT2D eigenvalue weighted by molar-refractivity contribution is 0.103. The summed E-state index contributed by atoms with van der Waals surface area (Å²) in [5.74, 6) is -3.05. The van der Waals surface area contributed by atoms with Crippen LogP contribution >= 0.6 is 0 Å². The number of aryl methyl sites for hydroxylation is 1. The van der Waals surface area contributed by atoms with Gasteiger partial charge in [0.15, 0.2) is 11.6 Å². The first kappa shape index (κ1) is 12.3. The summed E-state index contributed by atoms with van der Waals surface area (Å²) < 4.78 is 39.2. The van der Waals surface area contributed by atoms with Gasteiger partial charge in [0.05, 0.1) is 11.8 Å². The van der Waals surface area contributed by atoms with Gasteiger partial charge in [-0.2, -0.15) is 4.39 Å². The molecule has 0 amide bonds. The predicted octanol–water partition coefficient (Wildman–Crippen LogP) is 3.04. The third-order valence-corrected chi connectivity index (χ3v) is 2.50. The van der Waals surface area contributed by atoms with Gasteiger partial charge in [0.25, 0.3) is 0 Å². The minimum Gasteiger partial charge on any atom is -0.288 e. The Labute approximate surface area is 101 Å². The number of halogens is 3. The standard InChI is InChI=1S/C13H8F3NO/c1-7-4-8(14)2-3-9(7)13(18)10-5-12(16)17-6-11(10)15/h2-6H,1H3. The third-order valence-electron chi connectivity index (χ3n) is 2.50. The lowest BCUT2D eigenvalue weighted by Crippen LogP contribution is -2.08. The fraction of sp³-hybridized carbons (Fsp3) is 0.0769. The number of carbonyl (C=O) groups excluding carboxylic acids is 1. The molecule has 0 saturated heterocycles. The largest absolute Gasteiger partial charge is 0.288 e. The van der Waals surface area contributed by atoms with Crippen molar-refractivity contribution in [2.75, 3.05) is 0 Å². The van der Waals surface area contributed by atoms with Crippen LogP contribution in [0.3, 0.4) is 0 Å². The summed E-state index contributed by atoms with van der Waals surface area (Å²) in [6, 6.07) is 4.21. The smallest absolute Gasteiger partial charge is 0.213 e. The Morgan fingerprint density at radius 3 is 2.50 bits per heavy atom. The van der Waals surface area contributed by atoms with Crippen LogP contribution in [0.15, 0.2) is 30.5 Å². The van der Waals surface area contributed by atoms with Crippen LogP contribution in [0.1, 0.15) is 21.5 Å². The Bertz CT molecular complexity index is 626. The van der Waals surface area contributed by atoms with Crippen molar-refractivity contribution in [2.24, 2.45) is 0 Å². The highest BCUT2D eigenvalue weighted by molar-refractivity contribution is 6.09. The minimum atomic E-state index is -0.945. The summed E-state index contributed by atoms with van der Waals surface area (Å²) in [7, 11) is 0. The minimum absolute atomic E-state index is 0.126. The van der Waals surface area contributed by atoms with Gasteiger partial charge in [-0.05, 0) is 30.7 Å². The van der Waals surface area contributed by atoms with Gasteiger partial charge in [-0.1, -0.05) is 0 Å². The molecule has 0 aliphatic rings. The molecule has 5 heteroatoms. The van der Waals surface area contributed by atoms with E-state index in [4.69, 9.17) is 0 Å². The number of ketones is 1. The summed E-state index contributed by atoms with van der Waals surface area (Å²) in [6.45, 7) is 1.52. The van der Waals surface area contributed by atoms with E-state index in [1.807, 2.05) is 0 Å². The summed E-state index contributed by atoms with van der Waals surface area (Å²) >= 11 is 0. The molecule has 1 aromatic carbocycles. The predicted molar refractivity (Wildman–Crippen MR) is 58.7 cm³/mol. The van der Waals surface area contributed by atoms with Gasteiger partial charge >= 0.3 is 0 Å².